The van der Waals surface area contributed by atoms with Gasteiger partial charge in [-0.1, -0.05) is 13.5 Å². The Morgan fingerprint density at radius 3 is 2.64 bits per heavy atom. The van der Waals surface area contributed by atoms with E-state index in [1.807, 2.05) is 14.0 Å². The van der Waals surface area contributed by atoms with E-state index in [2.05, 4.69) is 23.7 Å². The van der Waals surface area contributed by atoms with Crippen LogP contribution in [0.15, 0.2) is 12.2 Å². The smallest absolute Gasteiger partial charge is 0.0593 e. The van der Waals surface area contributed by atoms with E-state index in [-0.39, 0.29) is 0 Å². The number of hydrogen-bond acceptors (Lipinski definition) is 3. The summed E-state index contributed by atoms with van der Waals surface area (Å²) in [6.45, 7) is 13.7. The molecular formula is C11H24N2O. The molecule has 0 aromatic rings. The first-order chi connectivity index (χ1) is 6.74. The van der Waals surface area contributed by atoms with Gasteiger partial charge < -0.3 is 10.1 Å². The van der Waals surface area contributed by atoms with Crippen molar-refractivity contribution in [2.75, 3.05) is 46.4 Å². The van der Waals surface area contributed by atoms with Crippen LogP contribution in [-0.4, -0.2) is 51.3 Å². The van der Waals surface area contributed by atoms with E-state index in [1.165, 1.54) is 5.57 Å². The summed E-state index contributed by atoms with van der Waals surface area (Å²) in [4.78, 5) is 2.34. The second kappa shape index (κ2) is 9.19. The summed E-state index contributed by atoms with van der Waals surface area (Å²) < 4.78 is 5.32. The number of rotatable bonds is 9. The monoisotopic (exact) mass is 200 g/mol. The number of nitrogens with zero attached hydrogens (tertiary/aromatic N) is 1. The minimum atomic E-state index is 0.801. The molecule has 0 unspecified atom stereocenters. The van der Waals surface area contributed by atoms with Crippen molar-refractivity contribution in [3.63, 3.8) is 0 Å². The lowest BCUT2D eigenvalue weighted by molar-refractivity contribution is 0.118. The molecule has 84 valence electrons. The Labute approximate surface area is 88.1 Å². The fourth-order valence-corrected chi connectivity index (χ4v) is 1.31. The molecule has 0 bridgehead atoms. The molecule has 0 heterocycles. The quantitative estimate of drug-likeness (QED) is 0.446. The molecule has 0 aliphatic heterocycles. The van der Waals surface area contributed by atoms with Gasteiger partial charge in [-0.25, -0.2) is 0 Å². The van der Waals surface area contributed by atoms with Gasteiger partial charge in [0, 0.05) is 26.2 Å². The molecule has 0 aliphatic carbocycles. The molecule has 1 N–H and O–H groups in total. The highest BCUT2D eigenvalue weighted by Gasteiger charge is 2.03. The fraction of sp³-hybridized carbons (Fsp3) is 0.818. The van der Waals surface area contributed by atoms with E-state index in [9.17, 15) is 0 Å². The first kappa shape index (κ1) is 13.6. The fourth-order valence-electron chi connectivity index (χ4n) is 1.31. The predicted octanol–water partition coefficient (Wildman–Crippen LogP) is 1.12. The first-order valence-electron chi connectivity index (χ1n) is 5.35. The van der Waals surface area contributed by atoms with Crippen molar-refractivity contribution in [3.05, 3.63) is 12.2 Å². The Balaban J connectivity index is 3.61. The Hall–Kier alpha value is -0.380. The van der Waals surface area contributed by atoms with Crippen molar-refractivity contribution in [3.8, 4) is 0 Å². The Bertz CT molecular complexity index is 148. The highest BCUT2D eigenvalue weighted by molar-refractivity contribution is 4.99. The van der Waals surface area contributed by atoms with E-state index < -0.39 is 0 Å². The van der Waals surface area contributed by atoms with Crippen LogP contribution >= 0.6 is 0 Å². The van der Waals surface area contributed by atoms with Crippen LogP contribution in [0.1, 0.15) is 13.8 Å². The standard InChI is InChI=1S/C11H24N2O/c1-5-13(7-8-14-6-2)10-11(3)9-12-4/h12H,3,5-10H2,1-2,4H3. The summed E-state index contributed by atoms with van der Waals surface area (Å²) in [5.41, 5.74) is 1.23. The van der Waals surface area contributed by atoms with Crippen LogP contribution in [0, 0.1) is 0 Å². The van der Waals surface area contributed by atoms with Crippen LogP contribution in [0.2, 0.25) is 0 Å². The summed E-state index contributed by atoms with van der Waals surface area (Å²) in [7, 11) is 1.95. The molecule has 0 spiro atoms. The van der Waals surface area contributed by atoms with Gasteiger partial charge in [0.15, 0.2) is 0 Å². The van der Waals surface area contributed by atoms with Gasteiger partial charge in [-0.3, -0.25) is 4.90 Å². The third kappa shape index (κ3) is 7.06. The van der Waals surface area contributed by atoms with Crippen LogP contribution in [-0.2, 0) is 4.74 Å². The van der Waals surface area contributed by atoms with E-state index in [0.29, 0.717) is 0 Å². The maximum atomic E-state index is 5.32. The topological polar surface area (TPSA) is 24.5 Å². The van der Waals surface area contributed by atoms with Gasteiger partial charge in [0.1, 0.15) is 0 Å². The zero-order valence-corrected chi connectivity index (χ0v) is 9.81. The van der Waals surface area contributed by atoms with Crippen molar-refractivity contribution >= 4 is 0 Å². The van der Waals surface area contributed by atoms with Gasteiger partial charge in [-0.2, -0.15) is 0 Å². The van der Waals surface area contributed by atoms with Gasteiger partial charge in [0.05, 0.1) is 6.61 Å². The van der Waals surface area contributed by atoms with E-state index in [1.54, 1.807) is 0 Å². The maximum Gasteiger partial charge on any atom is 0.0593 e. The van der Waals surface area contributed by atoms with Gasteiger partial charge in [0.2, 0.25) is 0 Å². The van der Waals surface area contributed by atoms with E-state index in [4.69, 9.17) is 4.74 Å². The number of ether oxygens (including phenoxy) is 1. The van der Waals surface area contributed by atoms with Crippen LogP contribution in [0.5, 0.6) is 0 Å². The number of likely N-dealkylation sites (N-methyl/N-ethyl adjacent to an activating group) is 2. The zero-order chi connectivity index (χ0) is 10.8. The lowest BCUT2D eigenvalue weighted by Crippen LogP contribution is -2.31. The number of nitrogens with one attached hydrogen (secondary N) is 1. The molecule has 0 fully saturated rings. The lowest BCUT2D eigenvalue weighted by atomic mass is 10.3. The van der Waals surface area contributed by atoms with Crippen molar-refractivity contribution in [2.45, 2.75) is 13.8 Å². The molecule has 3 heteroatoms. The van der Waals surface area contributed by atoms with Crippen LogP contribution in [0.4, 0.5) is 0 Å². The van der Waals surface area contributed by atoms with Crippen molar-refractivity contribution in [1.82, 2.24) is 10.2 Å². The Kier molecular flexibility index (Phi) is 8.94. The Morgan fingerprint density at radius 2 is 2.14 bits per heavy atom. The first-order valence-corrected chi connectivity index (χ1v) is 5.35. The van der Waals surface area contributed by atoms with Crippen molar-refractivity contribution in [1.29, 1.82) is 0 Å². The largest absolute Gasteiger partial charge is 0.380 e. The van der Waals surface area contributed by atoms with Crippen molar-refractivity contribution in [2.24, 2.45) is 0 Å². The second-order valence-electron chi connectivity index (χ2n) is 3.35. The van der Waals surface area contributed by atoms with E-state index >= 15 is 0 Å². The average molecular weight is 200 g/mol. The average Bonchev–Trinajstić information content (AvgIpc) is 2.17. The minimum absolute atomic E-state index is 0.801. The molecule has 0 aromatic heterocycles. The Morgan fingerprint density at radius 1 is 1.43 bits per heavy atom. The number of hydrogen-bond donors (Lipinski definition) is 1. The molecule has 0 aromatic carbocycles. The summed E-state index contributed by atoms with van der Waals surface area (Å²) in [5.74, 6) is 0. The highest BCUT2D eigenvalue weighted by Crippen LogP contribution is 1.95. The molecule has 3 nitrogen and oxygen atoms in total. The molecule has 0 atom stereocenters. The molecule has 0 rings (SSSR count). The summed E-state index contributed by atoms with van der Waals surface area (Å²) in [5, 5.41) is 3.11. The van der Waals surface area contributed by atoms with Crippen LogP contribution < -0.4 is 5.32 Å². The molecule has 0 aliphatic rings. The third-order valence-electron chi connectivity index (χ3n) is 2.08. The van der Waals surface area contributed by atoms with Crippen LogP contribution in [0.25, 0.3) is 0 Å². The molecule has 14 heavy (non-hydrogen) atoms. The predicted molar refractivity (Wildman–Crippen MR) is 61.7 cm³/mol. The van der Waals surface area contributed by atoms with Gasteiger partial charge in [-0.15, -0.1) is 0 Å². The SMILES string of the molecule is C=C(CNC)CN(CC)CCOCC. The van der Waals surface area contributed by atoms with Gasteiger partial charge in [0.25, 0.3) is 0 Å². The van der Waals surface area contributed by atoms with Crippen LogP contribution in [0.3, 0.4) is 0 Å². The highest BCUT2D eigenvalue weighted by atomic mass is 16.5. The molecule has 0 saturated carbocycles. The summed E-state index contributed by atoms with van der Waals surface area (Å²) >= 11 is 0. The molecular weight excluding hydrogens is 176 g/mol. The molecule has 0 saturated heterocycles. The normalized spacial score (nSPS) is 10.9. The molecule has 0 amide bonds. The van der Waals surface area contributed by atoms with Gasteiger partial charge in [-0.05, 0) is 26.1 Å². The third-order valence-corrected chi connectivity index (χ3v) is 2.08. The minimum Gasteiger partial charge on any atom is -0.380 e. The summed E-state index contributed by atoms with van der Waals surface area (Å²) in [6.07, 6.45) is 0. The second-order valence-corrected chi connectivity index (χ2v) is 3.35. The van der Waals surface area contributed by atoms with Crippen molar-refractivity contribution < 1.29 is 4.74 Å². The van der Waals surface area contributed by atoms with Gasteiger partial charge >= 0.3 is 0 Å². The maximum absolute atomic E-state index is 5.32. The van der Waals surface area contributed by atoms with E-state index in [0.717, 1.165) is 39.4 Å². The lowest BCUT2D eigenvalue weighted by Gasteiger charge is -2.21. The summed E-state index contributed by atoms with van der Waals surface area (Å²) in [6, 6.07) is 0. The molecule has 0 radical (unpaired) electrons. The zero-order valence-electron chi connectivity index (χ0n) is 9.81.